The smallest absolute Gasteiger partial charge is 0.0462 e. The molecule has 2 aliphatic carbocycles. The lowest BCUT2D eigenvalue weighted by Crippen LogP contribution is -2.03. The van der Waals surface area contributed by atoms with Gasteiger partial charge in [0.25, 0.3) is 0 Å². The number of rotatable bonds is 1. The van der Waals surface area contributed by atoms with Gasteiger partial charge in [-0.05, 0) is 36.5 Å². The standard InChI is InChI=1S/C8H14O/c1-8-3-2-6(5-9)7(8)4-8/h6-7,9H,2-5H2,1H3/t6-,7+,8+/m1/s1. The fourth-order valence-corrected chi connectivity index (χ4v) is 2.40. The van der Waals surface area contributed by atoms with E-state index in [1.807, 2.05) is 0 Å². The van der Waals surface area contributed by atoms with Crippen LogP contribution >= 0.6 is 0 Å². The second-order valence-corrected chi connectivity index (χ2v) is 3.95. The Morgan fingerprint density at radius 1 is 1.67 bits per heavy atom. The second-order valence-electron chi connectivity index (χ2n) is 3.95. The van der Waals surface area contributed by atoms with Crippen LogP contribution in [0.25, 0.3) is 0 Å². The summed E-state index contributed by atoms with van der Waals surface area (Å²) >= 11 is 0. The molecule has 0 spiro atoms. The summed E-state index contributed by atoms with van der Waals surface area (Å²) < 4.78 is 0. The van der Waals surface area contributed by atoms with Gasteiger partial charge in [-0.1, -0.05) is 6.92 Å². The largest absolute Gasteiger partial charge is 0.396 e. The normalized spacial score (nSPS) is 55.3. The van der Waals surface area contributed by atoms with Crippen molar-refractivity contribution in [2.75, 3.05) is 6.61 Å². The first-order chi connectivity index (χ1) is 4.26. The molecule has 0 unspecified atom stereocenters. The van der Waals surface area contributed by atoms with Crippen LogP contribution in [-0.2, 0) is 0 Å². The van der Waals surface area contributed by atoms with E-state index in [-0.39, 0.29) is 0 Å². The quantitative estimate of drug-likeness (QED) is 0.563. The molecule has 2 rings (SSSR count). The average Bonchev–Trinajstić information content (AvgIpc) is 2.39. The fourth-order valence-electron chi connectivity index (χ4n) is 2.40. The molecule has 0 aliphatic heterocycles. The van der Waals surface area contributed by atoms with Crippen LogP contribution in [0.5, 0.6) is 0 Å². The van der Waals surface area contributed by atoms with Gasteiger partial charge in [0.1, 0.15) is 0 Å². The summed E-state index contributed by atoms with van der Waals surface area (Å²) in [6.07, 6.45) is 4.03. The van der Waals surface area contributed by atoms with Gasteiger partial charge in [-0.2, -0.15) is 0 Å². The maximum atomic E-state index is 8.88. The topological polar surface area (TPSA) is 20.2 Å². The monoisotopic (exact) mass is 126 g/mol. The third-order valence-electron chi connectivity index (χ3n) is 3.31. The van der Waals surface area contributed by atoms with E-state index in [0.717, 1.165) is 5.92 Å². The minimum atomic E-state index is 0.431. The van der Waals surface area contributed by atoms with Gasteiger partial charge in [0.05, 0.1) is 0 Å². The zero-order valence-corrected chi connectivity index (χ0v) is 5.93. The van der Waals surface area contributed by atoms with E-state index in [0.29, 0.717) is 17.9 Å². The maximum Gasteiger partial charge on any atom is 0.0462 e. The van der Waals surface area contributed by atoms with Crippen LogP contribution in [0.4, 0.5) is 0 Å². The first kappa shape index (κ1) is 5.72. The van der Waals surface area contributed by atoms with E-state index >= 15 is 0 Å². The van der Waals surface area contributed by atoms with Gasteiger partial charge >= 0.3 is 0 Å². The average molecular weight is 126 g/mol. The van der Waals surface area contributed by atoms with E-state index in [1.165, 1.54) is 19.3 Å². The molecule has 0 heterocycles. The molecule has 0 aromatic rings. The number of fused-ring (bicyclic) bond motifs is 1. The summed E-state index contributed by atoms with van der Waals surface area (Å²) in [7, 11) is 0. The Morgan fingerprint density at radius 3 is 2.67 bits per heavy atom. The van der Waals surface area contributed by atoms with E-state index in [2.05, 4.69) is 6.92 Å². The summed E-state index contributed by atoms with van der Waals surface area (Å²) in [5.74, 6) is 1.55. The van der Waals surface area contributed by atoms with Crippen LogP contribution in [0.2, 0.25) is 0 Å². The first-order valence-corrected chi connectivity index (χ1v) is 3.87. The number of aliphatic hydroxyl groups is 1. The summed E-state index contributed by atoms with van der Waals surface area (Å²) in [6, 6.07) is 0. The predicted molar refractivity (Wildman–Crippen MR) is 36.0 cm³/mol. The molecule has 9 heavy (non-hydrogen) atoms. The number of hydrogen-bond acceptors (Lipinski definition) is 1. The zero-order chi connectivity index (χ0) is 6.48. The van der Waals surface area contributed by atoms with Crippen LogP contribution in [0.1, 0.15) is 26.2 Å². The molecule has 0 aromatic carbocycles. The Bertz CT molecular complexity index is 133. The third-order valence-corrected chi connectivity index (χ3v) is 3.31. The van der Waals surface area contributed by atoms with E-state index in [4.69, 9.17) is 5.11 Å². The summed E-state index contributed by atoms with van der Waals surface area (Å²) in [4.78, 5) is 0. The Balaban J connectivity index is 2.04. The number of hydrogen-bond donors (Lipinski definition) is 1. The molecule has 0 bridgehead atoms. The highest BCUT2D eigenvalue weighted by Crippen LogP contribution is 2.65. The molecule has 1 nitrogen and oxygen atoms in total. The van der Waals surface area contributed by atoms with Crippen molar-refractivity contribution >= 4 is 0 Å². The molecule has 0 amide bonds. The molecular formula is C8H14O. The summed E-state index contributed by atoms with van der Waals surface area (Å²) in [5, 5.41) is 8.88. The lowest BCUT2D eigenvalue weighted by molar-refractivity contribution is 0.214. The Hall–Kier alpha value is -0.0400. The van der Waals surface area contributed by atoms with Gasteiger partial charge in [0.2, 0.25) is 0 Å². The molecule has 52 valence electrons. The maximum absolute atomic E-state index is 8.88. The van der Waals surface area contributed by atoms with Crippen molar-refractivity contribution in [3.8, 4) is 0 Å². The molecule has 1 N–H and O–H groups in total. The fraction of sp³-hybridized carbons (Fsp3) is 1.00. The minimum Gasteiger partial charge on any atom is -0.396 e. The highest BCUT2D eigenvalue weighted by atomic mass is 16.3. The summed E-state index contributed by atoms with van der Waals surface area (Å²) in [6.45, 7) is 2.79. The summed E-state index contributed by atoms with van der Waals surface area (Å²) in [5.41, 5.74) is 0.674. The Kier molecular flexibility index (Phi) is 0.963. The molecule has 0 radical (unpaired) electrons. The van der Waals surface area contributed by atoms with E-state index in [1.54, 1.807) is 0 Å². The van der Waals surface area contributed by atoms with E-state index in [9.17, 15) is 0 Å². The van der Waals surface area contributed by atoms with Crippen molar-refractivity contribution < 1.29 is 5.11 Å². The van der Waals surface area contributed by atoms with Crippen LogP contribution in [0.15, 0.2) is 0 Å². The molecule has 2 saturated carbocycles. The lowest BCUT2D eigenvalue weighted by Gasteiger charge is -2.03. The van der Waals surface area contributed by atoms with Crippen molar-refractivity contribution in [3.05, 3.63) is 0 Å². The highest BCUT2D eigenvalue weighted by molar-refractivity contribution is 5.06. The van der Waals surface area contributed by atoms with Crippen LogP contribution in [0.3, 0.4) is 0 Å². The van der Waals surface area contributed by atoms with Crippen molar-refractivity contribution in [1.29, 1.82) is 0 Å². The van der Waals surface area contributed by atoms with Gasteiger partial charge in [0.15, 0.2) is 0 Å². The SMILES string of the molecule is C[C@@]12CC[C@H](CO)[C@@H]1C2. The second kappa shape index (κ2) is 1.51. The van der Waals surface area contributed by atoms with Crippen molar-refractivity contribution in [1.82, 2.24) is 0 Å². The van der Waals surface area contributed by atoms with Gasteiger partial charge in [-0.15, -0.1) is 0 Å². The third kappa shape index (κ3) is 0.644. The molecule has 0 saturated heterocycles. The van der Waals surface area contributed by atoms with Gasteiger partial charge in [0, 0.05) is 6.61 Å². The van der Waals surface area contributed by atoms with Crippen molar-refractivity contribution in [2.24, 2.45) is 17.3 Å². The predicted octanol–water partition coefficient (Wildman–Crippen LogP) is 1.41. The Morgan fingerprint density at radius 2 is 2.44 bits per heavy atom. The molecule has 2 fully saturated rings. The van der Waals surface area contributed by atoms with Crippen molar-refractivity contribution in [3.63, 3.8) is 0 Å². The number of aliphatic hydroxyl groups excluding tert-OH is 1. The van der Waals surface area contributed by atoms with Crippen LogP contribution in [-0.4, -0.2) is 11.7 Å². The van der Waals surface area contributed by atoms with Crippen LogP contribution in [0, 0.1) is 17.3 Å². The molecule has 0 aromatic heterocycles. The Labute approximate surface area is 56.1 Å². The highest BCUT2D eigenvalue weighted by Gasteiger charge is 2.57. The van der Waals surface area contributed by atoms with Crippen LogP contribution < -0.4 is 0 Å². The van der Waals surface area contributed by atoms with Gasteiger partial charge in [-0.3, -0.25) is 0 Å². The first-order valence-electron chi connectivity index (χ1n) is 3.87. The zero-order valence-electron chi connectivity index (χ0n) is 5.93. The molecular weight excluding hydrogens is 112 g/mol. The van der Waals surface area contributed by atoms with Gasteiger partial charge in [-0.25, -0.2) is 0 Å². The minimum absolute atomic E-state index is 0.431. The molecule has 2 aliphatic rings. The van der Waals surface area contributed by atoms with E-state index < -0.39 is 0 Å². The molecule has 1 heteroatoms. The lowest BCUT2D eigenvalue weighted by atomic mass is 10.1. The van der Waals surface area contributed by atoms with Crippen molar-refractivity contribution in [2.45, 2.75) is 26.2 Å². The molecule has 3 atom stereocenters. The van der Waals surface area contributed by atoms with Gasteiger partial charge < -0.3 is 5.11 Å².